The summed E-state index contributed by atoms with van der Waals surface area (Å²) in [5, 5.41) is 30.3. The molecule has 1 aliphatic heterocycles. The molecule has 3 N–H and O–H groups in total. The van der Waals surface area contributed by atoms with Crippen LogP contribution in [0.1, 0.15) is 62.5 Å². The van der Waals surface area contributed by atoms with Crippen molar-refractivity contribution in [1.29, 1.82) is 0 Å². The van der Waals surface area contributed by atoms with Crippen molar-refractivity contribution in [3.63, 3.8) is 0 Å². The molecular weight excluding hydrogens is 480 g/mol. The van der Waals surface area contributed by atoms with Crippen LogP contribution in [0, 0.1) is 0 Å². The summed E-state index contributed by atoms with van der Waals surface area (Å²) in [6.45, 7) is 10.6. The molecule has 5 rings (SSSR count). The minimum atomic E-state index is -1.05. The summed E-state index contributed by atoms with van der Waals surface area (Å²) in [6.07, 6.45) is 1.02. The van der Waals surface area contributed by atoms with Crippen LogP contribution in [0.3, 0.4) is 0 Å². The molecular formula is C30H30N4O4. The summed E-state index contributed by atoms with van der Waals surface area (Å²) in [4.78, 5) is 24.7. The van der Waals surface area contributed by atoms with Crippen molar-refractivity contribution in [3.8, 4) is 16.9 Å². The Bertz CT molecular complexity index is 1550. The molecule has 0 bridgehead atoms. The van der Waals surface area contributed by atoms with E-state index in [2.05, 4.69) is 55.5 Å². The molecule has 0 spiro atoms. The Balaban J connectivity index is 1.41. The average Bonchev–Trinajstić information content (AvgIpc) is 3.25. The molecule has 8 nitrogen and oxygen atoms in total. The summed E-state index contributed by atoms with van der Waals surface area (Å²) >= 11 is 0. The van der Waals surface area contributed by atoms with E-state index in [0.29, 0.717) is 22.5 Å². The number of aromatic carboxylic acids is 1. The minimum absolute atomic E-state index is 0.0125. The first-order chi connectivity index (χ1) is 17.9. The summed E-state index contributed by atoms with van der Waals surface area (Å²) in [5.74, 6) is -1.53. The molecule has 0 radical (unpaired) electrons. The van der Waals surface area contributed by atoms with E-state index in [4.69, 9.17) is 0 Å². The number of aromatic hydroxyl groups is 1. The maximum absolute atomic E-state index is 13.3. The number of hydrogen-bond acceptors (Lipinski definition) is 6. The van der Waals surface area contributed by atoms with Gasteiger partial charge in [-0.25, -0.2) is 4.79 Å². The second-order valence-electron chi connectivity index (χ2n) is 11.1. The fourth-order valence-corrected chi connectivity index (χ4v) is 5.71. The third kappa shape index (κ3) is 4.22. The smallest absolute Gasteiger partial charge is 0.335 e. The Morgan fingerprint density at radius 3 is 2.45 bits per heavy atom. The second kappa shape index (κ2) is 8.83. The Morgan fingerprint density at radius 1 is 1.00 bits per heavy atom. The van der Waals surface area contributed by atoms with Crippen molar-refractivity contribution in [2.45, 2.75) is 51.9 Å². The number of benzene rings is 3. The number of carboxylic acids is 1. The van der Waals surface area contributed by atoms with E-state index in [1.807, 2.05) is 6.07 Å². The van der Waals surface area contributed by atoms with Gasteiger partial charge in [0.15, 0.2) is 5.71 Å². The van der Waals surface area contributed by atoms with E-state index < -0.39 is 5.97 Å². The van der Waals surface area contributed by atoms with Gasteiger partial charge in [-0.15, -0.1) is 0 Å². The molecule has 3 aromatic carbocycles. The van der Waals surface area contributed by atoms with Crippen LogP contribution in [0.2, 0.25) is 0 Å². The molecule has 0 saturated heterocycles. The van der Waals surface area contributed by atoms with Crippen LogP contribution in [0.15, 0.2) is 70.9 Å². The Hall–Kier alpha value is -4.46. The van der Waals surface area contributed by atoms with Gasteiger partial charge in [-0.3, -0.25) is 10.2 Å². The van der Waals surface area contributed by atoms with E-state index in [9.17, 15) is 19.8 Å². The van der Waals surface area contributed by atoms with Gasteiger partial charge in [0.05, 0.1) is 22.6 Å². The second-order valence-corrected chi connectivity index (χ2v) is 11.1. The van der Waals surface area contributed by atoms with Gasteiger partial charge in [0, 0.05) is 5.56 Å². The number of carbonyl (C=O) groups excluding carboxylic acids is 1. The van der Waals surface area contributed by atoms with Crippen LogP contribution < -0.4 is 10.4 Å². The number of rotatable bonds is 5. The molecule has 0 saturated carbocycles. The van der Waals surface area contributed by atoms with E-state index in [1.165, 1.54) is 28.3 Å². The zero-order valence-corrected chi connectivity index (χ0v) is 22.0. The van der Waals surface area contributed by atoms with Crippen LogP contribution >= 0.6 is 0 Å². The monoisotopic (exact) mass is 510 g/mol. The van der Waals surface area contributed by atoms with Crippen molar-refractivity contribution >= 4 is 34.7 Å². The van der Waals surface area contributed by atoms with Gasteiger partial charge in [-0.2, -0.15) is 15.2 Å². The lowest BCUT2D eigenvalue weighted by molar-refractivity contribution is -0.112. The Morgan fingerprint density at radius 2 is 1.71 bits per heavy atom. The average molecular weight is 511 g/mol. The Kier molecular flexibility index (Phi) is 5.86. The van der Waals surface area contributed by atoms with Gasteiger partial charge < -0.3 is 10.2 Å². The molecule has 0 aromatic heterocycles. The maximum atomic E-state index is 13.3. The van der Waals surface area contributed by atoms with Gasteiger partial charge in [-0.05, 0) is 71.2 Å². The molecule has 8 heteroatoms. The molecule has 0 fully saturated rings. The van der Waals surface area contributed by atoms with E-state index in [0.717, 1.165) is 6.42 Å². The number of hydrogen-bond donors (Lipinski definition) is 3. The maximum Gasteiger partial charge on any atom is 0.335 e. The number of nitrogens with zero attached hydrogens (tertiary/aromatic N) is 3. The predicted molar refractivity (Wildman–Crippen MR) is 149 cm³/mol. The Labute approximate surface area is 221 Å². The fourth-order valence-electron chi connectivity index (χ4n) is 5.71. The number of phenols is 1. The highest BCUT2D eigenvalue weighted by atomic mass is 16.4. The number of phenolic OH excluding ortho intramolecular Hbond substituents is 1. The van der Waals surface area contributed by atoms with Gasteiger partial charge in [0.25, 0.3) is 0 Å². The molecule has 0 atom stereocenters. The number of nitrogens with one attached hydrogen (secondary N) is 1. The zero-order chi connectivity index (χ0) is 27.4. The third-order valence-corrected chi connectivity index (χ3v) is 7.32. The highest BCUT2D eigenvalue weighted by molar-refractivity contribution is 6.71. The summed E-state index contributed by atoms with van der Waals surface area (Å²) in [6, 6.07) is 17.4. The topological polar surface area (TPSA) is 115 Å². The van der Waals surface area contributed by atoms with Gasteiger partial charge in [0.1, 0.15) is 5.75 Å². The number of hydrazone groups is 2. The van der Waals surface area contributed by atoms with E-state index in [1.54, 1.807) is 37.3 Å². The third-order valence-electron chi connectivity index (χ3n) is 7.32. The summed E-state index contributed by atoms with van der Waals surface area (Å²) in [7, 11) is 0. The summed E-state index contributed by atoms with van der Waals surface area (Å²) in [5.41, 5.74) is 8.00. The van der Waals surface area contributed by atoms with Crippen molar-refractivity contribution in [2.24, 2.45) is 10.2 Å². The molecule has 194 valence electrons. The number of amides is 1. The van der Waals surface area contributed by atoms with Crippen molar-refractivity contribution in [3.05, 3.63) is 77.4 Å². The highest BCUT2D eigenvalue weighted by Gasteiger charge is 2.42. The van der Waals surface area contributed by atoms with Crippen molar-refractivity contribution in [2.75, 3.05) is 10.4 Å². The molecule has 2 aliphatic rings. The zero-order valence-electron chi connectivity index (χ0n) is 22.0. The first-order valence-corrected chi connectivity index (χ1v) is 12.4. The van der Waals surface area contributed by atoms with Gasteiger partial charge >= 0.3 is 11.9 Å². The quantitative estimate of drug-likeness (QED) is 0.292. The normalized spacial score (nSPS) is 18.4. The first-order valence-electron chi connectivity index (χ1n) is 12.4. The number of para-hydroxylation sites is 1. The van der Waals surface area contributed by atoms with E-state index in [-0.39, 0.29) is 39.4 Å². The van der Waals surface area contributed by atoms with Crippen LogP contribution in [0.5, 0.6) is 5.75 Å². The fraction of sp³-hybridized carbons (Fsp3) is 0.267. The largest absolute Gasteiger partial charge is 0.505 e. The SMILES string of the molecule is CC1=NN(c2ccc3c(c2)C(C)(C)CC3(C)C)C(=O)C1=NNc1cccc(-c2cccc(C(=O)O)c2)c1O. The molecule has 0 unspecified atom stereocenters. The van der Waals surface area contributed by atoms with E-state index >= 15 is 0 Å². The number of carbonyl (C=O) groups is 2. The molecule has 1 heterocycles. The molecule has 1 amide bonds. The lowest BCUT2D eigenvalue weighted by Gasteiger charge is -2.22. The number of fused-ring (bicyclic) bond motifs is 1. The number of carboxylic acid groups (broad SMARTS) is 1. The van der Waals surface area contributed by atoms with Gasteiger partial charge in [-0.1, -0.05) is 58.0 Å². The standard InChI is InChI=1S/C30H30N4O4/c1-17-25(27(36)34(33-17)20-12-13-22-23(15-20)30(4,5)16-29(22,2)3)32-31-24-11-7-10-21(26(24)35)18-8-6-9-19(14-18)28(37)38/h6-15,31,35H,16H2,1-5H3,(H,37,38). The predicted octanol–water partition coefficient (Wildman–Crippen LogP) is 5.91. The van der Waals surface area contributed by atoms with Crippen molar-refractivity contribution in [1.82, 2.24) is 0 Å². The van der Waals surface area contributed by atoms with Crippen LogP contribution in [-0.2, 0) is 15.6 Å². The van der Waals surface area contributed by atoms with Crippen LogP contribution in [-0.4, -0.2) is 33.5 Å². The lowest BCUT2D eigenvalue weighted by Crippen LogP contribution is -2.28. The molecule has 1 aliphatic carbocycles. The van der Waals surface area contributed by atoms with Crippen molar-refractivity contribution < 1.29 is 19.8 Å². The van der Waals surface area contributed by atoms with Crippen LogP contribution in [0.4, 0.5) is 11.4 Å². The first kappa shape index (κ1) is 25.2. The summed E-state index contributed by atoms with van der Waals surface area (Å²) < 4.78 is 0. The number of anilines is 2. The molecule has 38 heavy (non-hydrogen) atoms. The lowest BCUT2D eigenvalue weighted by atomic mass is 9.82. The molecule has 3 aromatic rings. The minimum Gasteiger partial charge on any atom is -0.505 e. The van der Waals surface area contributed by atoms with Crippen LogP contribution in [0.25, 0.3) is 11.1 Å². The highest BCUT2D eigenvalue weighted by Crippen LogP contribution is 2.50. The van der Waals surface area contributed by atoms with Gasteiger partial charge in [0.2, 0.25) is 0 Å².